The Bertz CT molecular complexity index is 1010. The SMILES string of the molecule is CC1CC(C(C)Nc2nc(Cl)nc3ncn(Cc4ccc(C(F)(F)F)cc4)c23)C1. The fourth-order valence-electron chi connectivity index (χ4n) is 3.88. The van der Waals surface area contributed by atoms with E-state index in [0.717, 1.165) is 23.6 Å². The third kappa shape index (κ3) is 4.17. The molecule has 1 atom stereocenters. The fraction of sp³-hybridized carbons (Fsp3) is 0.450. The quantitative estimate of drug-likeness (QED) is 0.559. The molecule has 1 aromatic carbocycles. The van der Waals surface area contributed by atoms with Gasteiger partial charge in [-0.2, -0.15) is 23.1 Å². The smallest absolute Gasteiger partial charge is 0.365 e. The van der Waals surface area contributed by atoms with Crippen LogP contribution >= 0.6 is 11.6 Å². The van der Waals surface area contributed by atoms with Crippen molar-refractivity contribution in [2.75, 3.05) is 5.32 Å². The Morgan fingerprint density at radius 3 is 2.52 bits per heavy atom. The van der Waals surface area contributed by atoms with E-state index in [2.05, 4.69) is 34.1 Å². The molecule has 1 N–H and O–H groups in total. The second-order valence-corrected chi connectivity index (χ2v) is 8.19. The van der Waals surface area contributed by atoms with Crippen LogP contribution in [0.15, 0.2) is 30.6 Å². The van der Waals surface area contributed by atoms with Crippen LogP contribution in [0.2, 0.25) is 5.28 Å². The molecule has 2 aromatic heterocycles. The normalized spacial score (nSPS) is 20.5. The van der Waals surface area contributed by atoms with E-state index >= 15 is 0 Å². The molecule has 0 aliphatic heterocycles. The maximum atomic E-state index is 12.8. The number of benzene rings is 1. The van der Waals surface area contributed by atoms with Gasteiger partial charge in [0.2, 0.25) is 5.28 Å². The lowest BCUT2D eigenvalue weighted by molar-refractivity contribution is -0.137. The van der Waals surface area contributed by atoms with Gasteiger partial charge >= 0.3 is 6.18 Å². The summed E-state index contributed by atoms with van der Waals surface area (Å²) in [6.45, 7) is 4.71. The molecule has 0 spiro atoms. The van der Waals surface area contributed by atoms with Gasteiger partial charge < -0.3 is 9.88 Å². The van der Waals surface area contributed by atoms with Crippen LogP contribution in [0.25, 0.3) is 11.2 Å². The van der Waals surface area contributed by atoms with Crippen LogP contribution in [0.3, 0.4) is 0 Å². The molecule has 0 radical (unpaired) electrons. The Morgan fingerprint density at radius 1 is 1.21 bits per heavy atom. The Hall–Kier alpha value is -2.35. The van der Waals surface area contributed by atoms with Gasteiger partial charge in [-0.3, -0.25) is 0 Å². The average molecular weight is 424 g/mol. The summed E-state index contributed by atoms with van der Waals surface area (Å²) in [4.78, 5) is 12.8. The molecule has 9 heteroatoms. The molecule has 1 fully saturated rings. The molecule has 1 unspecified atom stereocenters. The lowest BCUT2D eigenvalue weighted by Gasteiger charge is -2.37. The highest BCUT2D eigenvalue weighted by atomic mass is 35.5. The number of rotatable bonds is 5. The Morgan fingerprint density at radius 2 is 1.90 bits per heavy atom. The van der Waals surface area contributed by atoms with Crippen molar-refractivity contribution < 1.29 is 13.2 Å². The van der Waals surface area contributed by atoms with Crippen LogP contribution < -0.4 is 5.32 Å². The summed E-state index contributed by atoms with van der Waals surface area (Å²) in [6.07, 6.45) is -0.409. The number of hydrogen-bond donors (Lipinski definition) is 1. The van der Waals surface area contributed by atoms with E-state index in [9.17, 15) is 13.2 Å². The van der Waals surface area contributed by atoms with Crippen LogP contribution in [0.5, 0.6) is 0 Å². The molecule has 1 saturated carbocycles. The lowest BCUT2D eigenvalue weighted by atomic mass is 9.72. The number of alkyl halides is 3. The van der Waals surface area contributed by atoms with Crippen LogP contribution in [-0.4, -0.2) is 25.6 Å². The van der Waals surface area contributed by atoms with Gasteiger partial charge in [0, 0.05) is 12.6 Å². The van der Waals surface area contributed by atoms with Gasteiger partial charge in [-0.05, 0) is 60.9 Å². The Labute approximate surface area is 171 Å². The summed E-state index contributed by atoms with van der Waals surface area (Å²) in [6, 6.07) is 5.32. The first-order valence-corrected chi connectivity index (χ1v) is 9.89. The van der Waals surface area contributed by atoms with E-state index in [-0.39, 0.29) is 11.3 Å². The minimum atomic E-state index is -4.35. The highest BCUT2D eigenvalue weighted by molar-refractivity contribution is 6.28. The van der Waals surface area contributed by atoms with Crippen LogP contribution in [0, 0.1) is 11.8 Å². The van der Waals surface area contributed by atoms with Crippen LogP contribution in [0.4, 0.5) is 19.0 Å². The average Bonchev–Trinajstić information content (AvgIpc) is 3.01. The molecule has 1 aliphatic rings. The first-order valence-electron chi connectivity index (χ1n) is 9.51. The Balaban J connectivity index is 1.61. The van der Waals surface area contributed by atoms with Crippen molar-refractivity contribution in [1.29, 1.82) is 0 Å². The monoisotopic (exact) mass is 423 g/mol. The van der Waals surface area contributed by atoms with Crippen molar-refractivity contribution in [3.8, 4) is 0 Å². The summed E-state index contributed by atoms with van der Waals surface area (Å²) in [5.41, 5.74) is 1.19. The molecule has 5 nitrogen and oxygen atoms in total. The minimum Gasteiger partial charge on any atom is -0.365 e. The number of aromatic nitrogens is 4. The first-order chi connectivity index (χ1) is 13.7. The lowest BCUT2D eigenvalue weighted by Crippen LogP contribution is -2.35. The molecular weight excluding hydrogens is 403 g/mol. The van der Waals surface area contributed by atoms with E-state index in [1.165, 1.54) is 25.0 Å². The number of nitrogens with zero attached hydrogens (tertiary/aromatic N) is 4. The van der Waals surface area contributed by atoms with Gasteiger partial charge in [0.1, 0.15) is 5.52 Å². The van der Waals surface area contributed by atoms with Crippen LogP contribution in [0.1, 0.15) is 37.8 Å². The van der Waals surface area contributed by atoms with Crippen molar-refractivity contribution in [3.63, 3.8) is 0 Å². The van der Waals surface area contributed by atoms with Crippen molar-refractivity contribution in [3.05, 3.63) is 47.0 Å². The standard InChI is InChI=1S/C20H21ClF3N5/c1-11-7-14(8-11)12(2)26-18-16-17(27-19(21)28-18)25-10-29(16)9-13-3-5-15(6-4-13)20(22,23)24/h3-6,10-12,14H,7-9H2,1-2H3,(H,26,27,28). The van der Waals surface area contributed by atoms with Crippen molar-refractivity contribution in [1.82, 2.24) is 19.5 Å². The predicted octanol–water partition coefficient (Wildman–Crippen LogP) is 5.39. The summed E-state index contributed by atoms with van der Waals surface area (Å²) >= 11 is 6.07. The second-order valence-electron chi connectivity index (χ2n) is 7.85. The number of anilines is 1. The fourth-order valence-corrected chi connectivity index (χ4v) is 4.04. The highest BCUT2D eigenvalue weighted by Crippen LogP contribution is 2.37. The molecule has 0 saturated heterocycles. The van der Waals surface area contributed by atoms with Crippen LogP contribution in [-0.2, 0) is 12.7 Å². The molecule has 1 aliphatic carbocycles. The summed E-state index contributed by atoms with van der Waals surface area (Å²) < 4.78 is 40.2. The molecule has 2 heterocycles. The van der Waals surface area contributed by atoms with Gasteiger partial charge in [-0.25, -0.2) is 4.98 Å². The van der Waals surface area contributed by atoms with Crippen molar-refractivity contribution >= 4 is 28.6 Å². The summed E-state index contributed by atoms with van der Waals surface area (Å²) in [5, 5.41) is 3.55. The molecule has 0 amide bonds. The zero-order valence-electron chi connectivity index (χ0n) is 16.0. The van der Waals surface area contributed by atoms with E-state index in [1.54, 1.807) is 6.33 Å². The number of imidazole rings is 1. The molecular formula is C20H21ClF3N5. The third-order valence-corrected chi connectivity index (χ3v) is 5.73. The molecule has 154 valence electrons. The molecule has 0 bridgehead atoms. The first kappa shape index (κ1) is 19.9. The zero-order chi connectivity index (χ0) is 20.8. The number of halogens is 4. The predicted molar refractivity (Wildman–Crippen MR) is 106 cm³/mol. The molecule has 3 aromatic rings. The highest BCUT2D eigenvalue weighted by Gasteiger charge is 2.31. The summed E-state index contributed by atoms with van der Waals surface area (Å²) in [5.74, 6) is 1.90. The van der Waals surface area contributed by atoms with Gasteiger partial charge in [0.25, 0.3) is 0 Å². The van der Waals surface area contributed by atoms with Gasteiger partial charge in [-0.15, -0.1) is 0 Å². The van der Waals surface area contributed by atoms with E-state index in [0.29, 0.717) is 29.4 Å². The van der Waals surface area contributed by atoms with Gasteiger partial charge in [0.05, 0.1) is 11.9 Å². The van der Waals surface area contributed by atoms with Crippen molar-refractivity contribution in [2.45, 2.75) is 45.5 Å². The van der Waals surface area contributed by atoms with Crippen molar-refractivity contribution in [2.24, 2.45) is 11.8 Å². The number of hydrogen-bond acceptors (Lipinski definition) is 4. The number of fused-ring (bicyclic) bond motifs is 1. The third-order valence-electron chi connectivity index (χ3n) is 5.56. The second kappa shape index (κ2) is 7.48. The minimum absolute atomic E-state index is 0.106. The van der Waals surface area contributed by atoms with Gasteiger partial charge in [-0.1, -0.05) is 19.1 Å². The van der Waals surface area contributed by atoms with Gasteiger partial charge in [0.15, 0.2) is 11.5 Å². The topological polar surface area (TPSA) is 55.6 Å². The summed E-state index contributed by atoms with van der Waals surface area (Å²) in [7, 11) is 0. The maximum Gasteiger partial charge on any atom is 0.416 e. The maximum absolute atomic E-state index is 12.8. The van der Waals surface area contributed by atoms with E-state index in [4.69, 9.17) is 11.6 Å². The number of nitrogens with one attached hydrogen (secondary N) is 1. The largest absolute Gasteiger partial charge is 0.416 e. The zero-order valence-corrected chi connectivity index (χ0v) is 16.8. The molecule has 29 heavy (non-hydrogen) atoms. The Kier molecular flexibility index (Phi) is 5.14. The van der Waals surface area contributed by atoms with E-state index in [1.807, 2.05) is 4.57 Å². The molecule has 4 rings (SSSR count). The van der Waals surface area contributed by atoms with E-state index < -0.39 is 11.7 Å².